The summed E-state index contributed by atoms with van der Waals surface area (Å²) in [6.45, 7) is 1.71. The number of allylic oxidation sites excluding steroid dienone is 3. The monoisotopic (exact) mass is 659 g/mol. The Hall–Kier alpha value is -2.79. The van der Waals surface area contributed by atoms with Crippen LogP contribution < -0.4 is 0 Å². The first kappa shape index (κ1) is 36.7. The van der Waals surface area contributed by atoms with Crippen molar-refractivity contribution in [2.75, 3.05) is 25.9 Å². The smallest absolute Gasteiger partial charge is 0.453 e. The second kappa shape index (κ2) is 17.2. The lowest BCUT2D eigenvalue weighted by Crippen LogP contribution is -2.35. The molecule has 0 aromatic heterocycles. The minimum atomic E-state index is -5.57. The zero-order valence-corrected chi connectivity index (χ0v) is 26.5. The second-order valence-corrected chi connectivity index (χ2v) is 13.1. The van der Waals surface area contributed by atoms with Gasteiger partial charge in [0.2, 0.25) is 0 Å². The van der Waals surface area contributed by atoms with E-state index in [1.165, 1.54) is 23.1 Å². The molecule has 0 fully saturated rings. The molecule has 0 saturated carbocycles. The molecule has 250 valence electrons. The third-order valence-corrected chi connectivity index (χ3v) is 9.27. The van der Waals surface area contributed by atoms with E-state index in [9.17, 15) is 40.8 Å². The first-order valence-corrected chi connectivity index (χ1v) is 16.9. The molecular weight excluding hydrogens is 616 g/mol. The Morgan fingerprint density at radius 3 is 2.33 bits per heavy atom. The Labute approximate surface area is 264 Å². The molecule has 0 radical (unpaired) electrons. The van der Waals surface area contributed by atoms with Crippen LogP contribution in [0.2, 0.25) is 0 Å². The Balaban J connectivity index is 1.39. The first-order chi connectivity index (χ1) is 21.3. The summed E-state index contributed by atoms with van der Waals surface area (Å²) < 4.78 is 88.1. The van der Waals surface area contributed by atoms with Crippen LogP contribution in [0.1, 0.15) is 87.3 Å². The normalized spacial score (nSPS) is 15.1. The molecule has 0 bridgehead atoms. The van der Waals surface area contributed by atoms with Gasteiger partial charge in [-0.1, -0.05) is 31.1 Å². The summed E-state index contributed by atoms with van der Waals surface area (Å²) >= 11 is 0. The van der Waals surface area contributed by atoms with Gasteiger partial charge < -0.3 is 15.1 Å². The summed E-state index contributed by atoms with van der Waals surface area (Å²) in [7, 11) is 0.619. The second-order valence-electron chi connectivity index (χ2n) is 11.7. The average Bonchev–Trinajstić information content (AvgIpc) is 3.15. The number of aryl methyl sites for hydroxylation is 1. The van der Waals surface area contributed by atoms with Crippen LogP contribution in [0.3, 0.4) is 0 Å². The number of halogens is 6. The van der Waals surface area contributed by atoms with Gasteiger partial charge in [0, 0.05) is 23.0 Å². The van der Waals surface area contributed by atoms with Crippen LogP contribution in [-0.2, 0) is 17.2 Å². The fraction of sp³-hybridized carbons (Fsp3) is 0.529. The van der Waals surface area contributed by atoms with E-state index in [1.807, 2.05) is 19.2 Å². The van der Waals surface area contributed by atoms with Crippen LogP contribution in [-0.4, -0.2) is 57.3 Å². The molecule has 1 aliphatic rings. The standard InChI is InChI=1S/C34H43F6NO3S/c1-41(20-7-9-22-45(44)21-8-5-18-33(36,37)34(38,39)40)19-6-3-2-4-12-30-28(26-14-17-31(35)32(43)24-26)13-10-11-25-23-27(42)15-16-29(25)30/h8,14-17,21,23-24,42-43H,2-7,9-13,18-20,22H2,1H3/b21-8+. The maximum Gasteiger partial charge on any atom is 0.453 e. The highest BCUT2D eigenvalue weighted by molar-refractivity contribution is 7.87. The van der Waals surface area contributed by atoms with E-state index in [4.69, 9.17) is 0 Å². The minimum Gasteiger partial charge on any atom is -0.508 e. The molecule has 1 unspecified atom stereocenters. The molecule has 0 spiro atoms. The molecule has 0 heterocycles. The van der Waals surface area contributed by atoms with Crippen molar-refractivity contribution in [3.8, 4) is 11.5 Å². The summed E-state index contributed by atoms with van der Waals surface area (Å²) in [5.41, 5.74) is 5.30. The lowest BCUT2D eigenvalue weighted by Gasteiger charge is -2.18. The fourth-order valence-corrected chi connectivity index (χ4v) is 6.56. The van der Waals surface area contributed by atoms with Crippen molar-refractivity contribution in [1.29, 1.82) is 0 Å². The molecule has 1 aliphatic carbocycles. The van der Waals surface area contributed by atoms with Crippen LogP contribution in [0.25, 0.3) is 11.1 Å². The van der Waals surface area contributed by atoms with Gasteiger partial charge in [-0.2, -0.15) is 22.0 Å². The molecule has 2 aromatic rings. The Morgan fingerprint density at radius 1 is 0.911 bits per heavy atom. The summed E-state index contributed by atoms with van der Waals surface area (Å²) in [4.78, 5) is 2.20. The highest BCUT2D eigenvalue weighted by atomic mass is 32.2. The number of aromatic hydroxyl groups is 2. The molecule has 1 atom stereocenters. The van der Waals surface area contributed by atoms with Gasteiger partial charge in [0.15, 0.2) is 11.6 Å². The Morgan fingerprint density at radius 2 is 1.62 bits per heavy atom. The fourth-order valence-electron chi connectivity index (χ4n) is 5.58. The van der Waals surface area contributed by atoms with E-state index in [0.717, 1.165) is 99.2 Å². The van der Waals surface area contributed by atoms with Gasteiger partial charge in [-0.05, 0) is 135 Å². The first-order valence-electron chi connectivity index (χ1n) is 15.5. The van der Waals surface area contributed by atoms with Crippen molar-refractivity contribution >= 4 is 21.9 Å². The highest BCUT2D eigenvalue weighted by Gasteiger charge is 2.56. The number of phenols is 2. The number of hydrogen-bond donors (Lipinski definition) is 2. The number of phenolic OH excluding ortho intramolecular Hbond substituents is 2. The maximum absolute atomic E-state index is 13.8. The van der Waals surface area contributed by atoms with Gasteiger partial charge in [0.1, 0.15) is 5.75 Å². The van der Waals surface area contributed by atoms with Gasteiger partial charge in [-0.3, -0.25) is 4.21 Å². The van der Waals surface area contributed by atoms with Crippen LogP contribution in [0, 0.1) is 5.82 Å². The number of alkyl halides is 5. The topological polar surface area (TPSA) is 60.8 Å². The van der Waals surface area contributed by atoms with Gasteiger partial charge in [-0.15, -0.1) is 0 Å². The predicted molar refractivity (Wildman–Crippen MR) is 168 cm³/mol. The third-order valence-electron chi connectivity index (χ3n) is 8.09. The molecule has 45 heavy (non-hydrogen) atoms. The molecular formula is C34H43F6NO3S. The number of hydrogen-bond acceptors (Lipinski definition) is 4. The van der Waals surface area contributed by atoms with Gasteiger partial charge in [0.25, 0.3) is 0 Å². The lowest BCUT2D eigenvalue weighted by molar-refractivity contribution is -0.283. The zero-order chi connectivity index (χ0) is 33.0. The average molecular weight is 660 g/mol. The SMILES string of the molecule is CN(CCCCCCC1=C(c2ccc(F)c(O)c2)CCCc2cc(O)ccc21)CCCCS(=O)/C=C/CCC(F)(F)C(F)(F)F. The number of rotatable bonds is 17. The van der Waals surface area contributed by atoms with Gasteiger partial charge in [0.05, 0.1) is 0 Å². The number of nitrogens with zero attached hydrogens (tertiary/aromatic N) is 1. The minimum absolute atomic E-state index is 0.234. The Bertz CT molecular complexity index is 1340. The molecule has 3 rings (SSSR count). The summed E-state index contributed by atoms with van der Waals surface area (Å²) in [6.07, 6.45) is 2.55. The highest BCUT2D eigenvalue weighted by Crippen LogP contribution is 2.41. The van der Waals surface area contributed by atoms with Crippen molar-refractivity contribution in [2.24, 2.45) is 0 Å². The van der Waals surface area contributed by atoms with Gasteiger partial charge in [-0.25, -0.2) is 4.39 Å². The van der Waals surface area contributed by atoms with E-state index in [2.05, 4.69) is 4.90 Å². The van der Waals surface area contributed by atoms with Crippen LogP contribution in [0.4, 0.5) is 26.3 Å². The van der Waals surface area contributed by atoms with Crippen LogP contribution in [0.15, 0.2) is 47.9 Å². The van der Waals surface area contributed by atoms with E-state index >= 15 is 0 Å². The van der Waals surface area contributed by atoms with Crippen LogP contribution in [0.5, 0.6) is 11.5 Å². The van der Waals surface area contributed by atoms with Crippen LogP contribution >= 0.6 is 0 Å². The molecule has 0 saturated heterocycles. The number of fused-ring (bicyclic) bond motifs is 1. The predicted octanol–water partition coefficient (Wildman–Crippen LogP) is 9.39. The van der Waals surface area contributed by atoms with Crippen molar-refractivity contribution in [3.63, 3.8) is 0 Å². The van der Waals surface area contributed by atoms with Crippen molar-refractivity contribution < 1.29 is 40.8 Å². The van der Waals surface area contributed by atoms with E-state index < -0.39 is 41.6 Å². The van der Waals surface area contributed by atoms with Crippen molar-refractivity contribution in [2.45, 2.75) is 89.1 Å². The van der Waals surface area contributed by atoms with E-state index in [-0.39, 0.29) is 11.5 Å². The maximum atomic E-state index is 13.8. The third kappa shape index (κ3) is 11.5. The zero-order valence-electron chi connectivity index (χ0n) is 25.7. The lowest BCUT2D eigenvalue weighted by atomic mass is 9.89. The molecule has 4 nitrogen and oxygen atoms in total. The largest absolute Gasteiger partial charge is 0.508 e. The van der Waals surface area contributed by atoms with Crippen molar-refractivity contribution in [3.05, 3.63) is 70.4 Å². The molecule has 11 heteroatoms. The molecule has 2 N–H and O–H groups in total. The molecule has 0 aliphatic heterocycles. The van der Waals surface area contributed by atoms with E-state index in [0.29, 0.717) is 12.2 Å². The molecule has 2 aromatic carbocycles. The quantitative estimate of drug-likeness (QED) is 0.131. The number of unbranched alkanes of at least 4 members (excludes halogenated alkanes) is 4. The van der Waals surface area contributed by atoms with E-state index in [1.54, 1.807) is 12.1 Å². The van der Waals surface area contributed by atoms with Gasteiger partial charge >= 0.3 is 12.1 Å². The summed E-state index contributed by atoms with van der Waals surface area (Å²) in [6, 6.07) is 9.97. The summed E-state index contributed by atoms with van der Waals surface area (Å²) in [5, 5.41) is 21.3. The number of benzene rings is 2. The Kier molecular flexibility index (Phi) is 14.0. The van der Waals surface area contributed by atoms with Crippen molar-refractivity contribution in [1.82, 2.24) is 4.90 Å². The molecule has 0 amide bonds. The summed E-state index contributed by atoms with van der Waals surface area (Å²) in [5.74, 6) is -5.19.